The normalized spacial score (nSPS) is 14.6. The average Bonchev–Trinajstić information content (AvgIpc) is 2.05. The molecule has 0 bridgehead atoms. The van der Waals surface area contributed by atoms with Gasteiger partial charge in [-0.1, -0.05) is 106 Å². The minimum Gasteiger partial charge on any atom is -0.370 e. The number of carbonyl (C=O) groups excluding carboxylic acids is 5. The molecule has 0 saturated carbocycles. The highest BCUT2D eigenvalue weighted by molar-refractivity contribution is 7.90. The first-order chi connectivity index (χ1) is 40.0. The molecular formula is C53H102N14O15S5. The van der Waals surface area contributed by atoms with Crippen molar-refractivity contribution in [1.82, 2.24) is 48.1 Å². The van der Waals surface area contributed by atoms with Gasteiger partial charge >= 0.3 is 0 Å². The molecule has 0 spiro atoms. The summed E-state index contributed by atoms with van der Waals surface area (Å²) in [5.74, 6) is -8.06. The summed E-state index contributed by atoms with van der Waals surface area (Å²) in [6.07, 6.45) is 1.67. The number of hydrogen-bond acceptors (Lipinski definition) is 17. The Hall–Kier alpha value is -4.65. The van der Waals surface area contributed by atoms with Gasteiger partial charge in [0.1, 0.15) is 0 Å². The third-order valence-corrected chi connectivity index (χ3v) is 22.3. The molecule has 1 aromatic rings. The smallest absolute Gasteiger partial charge is 0.235 e. The van der Waals surface area contributed by atoms with Crippen LogP contribution in [-0.2, 0) is 79.8 Å². The molecule has 5 atom stereocenters. The van der Waals surface area contributed by atoms with Crippen LogP contribution < -0.4 is 43.8 Å². The molecule has 0 aliphatic carbocycles. The summed E-state index contributed by atoms with van der Waals surface area (Å²) in [5.41, 5.74) is 16.9. The van der Waals surface area contributed by atoms with Crippen molar-refractivity contribution in [2.45, 2.75) is 132 Å². The van der Waals surface area contributed by atoms with Gasteiger partial charge in [0.25, 0.3) is 0 Å². The number of amides is 5. The Labute approximate surface area is 518 Å². The standard InChI is InChI=1S/C53H102N14O15S5/c1-13-42(10)47(62-52(72)34-66(85(77,78)35-40(6)7)27-45(20-17-22-58-53(56)57)60-51(71)33-64(25-39(4)5)84(75,76)23-21-54)29-63(83(12,73)74)31-50(70)61-46(24-38(2)3)28-67(86(79,80)36-41(8)9)32-49(69)59-43(11)26-65(30-48(55)68)87(81,82)37-44-18-15-14-16-19-44/h14-16,18-19,38-43,45-47H,13,17,20-37,54H2,1-12H3,(H2,55,68)(H,59,69)(H,60,71)(H,61,70)(H,62,72)(H4,56,57,58)/t42?,43-,45-,46-,47+/m0/s1. The number of carbonyl (C=O) groups is 5. The zero-order valence-electron chi connectivity index (χ0n) is 52.9. The van der Waals surface area contributed by atoms with Gasteiger partial charge in [-0.2, -0.15) is 21.5 Å². The van der Waals surface area contributed by atoms with Crippen LogP contribution in [0.2, 0.25) is 0 Å². The Balaban J connectivity index is 3.60. The maximum atomic E-state index is 14.2. The van der Waals surface area contributed by atoms with Gasteiger partial charge in [-0.3, -0.25) is 29.4 Å². The van der Waals surface area contributed by atoms with Crippen LogP contribution in [0.15, 0.2) is 30.3 Å². The zero-order chi connectivity index (χ0) is 66.8. The largest absolute Gasteiger partial charge is 0.370 e. The highest BCUT2D eigenvalue weighted by Gasteiger charge is 2.36. The summed E-state index contributed by atoms with van der Waals surface area (Å²) in [7, 11) is -20.9. The van der Waals surface area contributed by atoms with Crippen LogP contribution in [0.5, 0.6) is 0 Å². The van der Waals surface area contributed by atoms with E-state index in [1.54, 1.807) is 99.6 Å². The van der Waals surface area contributed by atoms with Crippen LogP contribution in [0, 0.1) is 35.0 Å². The van der Waals surface area contributed by atoms with E-state index in [2.05, 4.69) is 26.6 Å². The quantitative estimate of drug-likeness (QED) is 0.0208. The second kappa shape index (κ2) is 37.5. The predicted octanol–water partition coefficient (Wildman–Crippen LogP) is -1.30. The highest BCUT2D eigenvalue weighted by atomic mass is 32.2. The van der Waals surface area contributed by atoms with E-state index in [4.69, 9.17) is 22.6 Å². The third kappa shape index (κ3) is 32.6. The van der Waals surface area contributed by atoms with Crippen molar-refractivity contribution in [3.8, 4) is 0 Å². The summed E-state index contributed by atoms with van der Waals surface area (Å²) >= 11 is 0. The molecular weight excluding hydrogens is 1230 g/mol. The van der Waals surface area contributed by atoms with Crippen molar-refractivity contribution in [1.29, 1.82) is 5.41 Å². The molecule has 87 heavy (non-hydrogen) atoms. The Bertz CT molecular complexity index is 2940. The Morgan fingerprint density at radius 3 is 1.45 bits per heavy atom. The molecule has 1 unspecified atom stereocenters. The lowest BCUT2D eigenvalue weighted by molar-refractivity contribution is -0.123. The second-order valence-electron chi connectivity index (χ2n) is 23.9. The van der Waals surface area contributed by atoms with E-state index < -0.39 is 203 Å². The van der Waals surface area contributed by atoms with Crippen molar-refractivity contribution in [2.75, 3.05) is 102 Å². The van der Waals surface area contributed by atoms with E-state index in [0.29, 0.717) is 12.0 Å². The van der Waals surface area contributed by atoms with Crippen LogP contribution in [0.1, 0.15) is 107 Å². The summed E-state index contributed by atoms with van der Waals surface area (Å²) in [6.45, 7) is 13.1. The van der Waals surface area contributed by atoms with Gasteiger partial charge < -0.3 is 43.8 Å². The Morgan fingerprint density at radius 2 is 1.00 bits per heavy atom. The van der Waals surface area contributed by atoms with Gasteiger partial charge in [-0.05, 0) is 61.3 Å². The van der Waals surface area contributed by atoms with Gasteiger partial charge in [-0.25, -0.2) is 42.1 Å². The van der Waals surface area contributed by atoms with Crippen molar-refractivity contribution in [3.63, 3.8) is 0 Å². The summed E-state index contributed by atoms with van der Waals surface area (Å²) in [6, 6.07) is 4.15. The van der Waals surface area contributed by atoms with E-state index >= 15 is 0 Å². The third-order valence-electron chi connectivity index (χ3n) is 13.2. The Morgan fingerprint density at radius 1 is 0.540 bits per heavy atom. The van der Waals surface area contributed by atoms with Crippen LogP contribution in [0.25, 0.3) is 0 Å². The van der Waals surface area contributed by atoms with Crippen LogP contribution >= 0.6 is 0 Å². The molecule has 0 aromatic heterocycles. The predicted molar refractivity (Wildman–Crippen MR) is 337 cm³/mol. The van der Waals surface area contributed by atoms with Gasteiger partial charge in [0.05, 0.1) is 62.0 Å². The molecule has 29 nitrogen and oxygen atoms in total. The van der Waals surface area contributed by atoms with E-state index in [1.165, 1.54) is 6.92 Å². The Kier molecular flexibility index (Phi) is 34.6. The van der Waals surface area contributed by atoms with Gasteiger partial charge in [0.2, 0.25) is 79.7 Å². The minimum absolute atomic E-state index is 0.0127. The van der Waals surface area contributed by atoms with Gasteiger partial charge in [0.15, 0.2) is 5.96 Å². The highest BCUT2D eigenvalue weighted by Crippen LogP contribution is 2.18. The first-order valence-electron chi connectivity index (χ1n) is 29.2. The molecule has 5 amide bonds. The first kappa shape index (κ1) is 80.4. The molecule has 0 fully saturated rings. The summed E-state index contributed by atoms with van der Waals surface area (Å²) < 4.78 is 141. The van der Waals surface area contributed by atoms with Crippen LogP contribution in [0.4, 0.5) is 0 Å². The molecule has 504 valence electrons. The number of guanidine groups is 1. The molecule has 1 aromatic carbocycles. The second-order valence-corrected chi connectivity index (χ2v) is 34.0. The molecule has 0 saturated heterocycles. The topological polar surface area (TPSA) is 434 Å². The fraction of sp³-hybridized carbons (Fsp3) is 0.774. The van der Waals surface area contributed by atoms with Crippen molar-refractivity contribution < 1.29 is 66.1 Å². The van der Waals surface area contributed by atoms with Gasteiger partial charge in [0, 0.05) is 70.0 Å². The van der Waals surface area contributed by atoms with E-state index in [1.807, 2.05) is 0 Å². The molecule has 34 heteroatoms. The number of primary amides is 1. The zero-order valence-corrected chi connectivity index (χ0v) is 56.9. The fourth-order valence-corrected chi connectivity index (χ4v) is 16.5. The number of nitrogens with two attached hydrogens (primary N) is 3. The monoisotopic (exact) mass is 1330 g/mol. The molecule has 0 radical (unpaired) electrons. The number of nitrogens with one attached hydrogen (secondary N) is 6. The van der Waals surface area contributed by atoms with Gasteiger partial charge in [-0.15, -0.1) is 0 Å². The first-order valence-corrected chi connectivity index (χ1v) is 37.4. The molecule has 12 N–H and O–H groups in total. The summed E-state index contributed by atoms with van der Waals surface area (Å²) in [5, 5.41) is 21.1. The molecule has 1 rings (SSSR count). The number of hydrogen-bond donors (Lipinski definition) is 9. The number of sulfonamides is 5. The van der Waals surface area contributed by atoms with Crippen molar-refractivity contribution >= 4 is 85.6 Å². The molecule has 0 aliphatic rings. The SMILES string of the molecule is CCC(C)[C@@H](CN(CC(=O)N[C@@H](CC(C)C)CN(CC(=O)N[C@@H](C)CN(CC(N)=O)S(=O)(=O)Cc1ccccc1)S(=O)(=O)CC(C)C)S(C)(=O)=O)NC(=O)CN(C[C@H](CCCNC(=N)N)NC(=O)CN(CC(C)C)S(=O)(=O)CCN)S(=O)(=O)CC(C)C. The maximum absolute atomic E-state index is 14.2. The maximum Gasteiger partial charge on any atom is 0.235 e. The van der Waals surface area contributed by atoms with E-state index in [0.717, 1.165) is 27.8 Å². The summed E-state index contributed by atoms with van der Waals surface area (Å²) in [4.78, 5) is 67.8. The number of nitrogens with zero attached hydrogens (tertiary/aromatic N) is 5. The molecule has 0 heterocycles. The number of benzene rings is 1. The lowest BCUT2D eigenvalue weighted by Gasteiger charge is -2.32. The lowest BCUT2D eigenvalue weighted by atomic mass is 9.99. The van der Waals surface area contributed by atoms with E-state index in [-0.39, 0.29) is 56.7 Å². The van der Waals surface area contributed by atoms with E-state index in [9.17, 15) is 66.1 Å². The van der Waals surface area contributed by atoms with Crippen LogP contribution in [0.3, 0.4) is 0 Å². The van der Waals surface area contributed by atoms with Crippen molar-refractivity contribution in [2.24, 2.45) is 46.8 Å². The fourth-order valence-electron chi connectivity index (χ4n) is 9.22. The number of rotatable bonds is 45. The van der Waals surface area contributed by atoms with Crippen LogP contribution in [-0.4, -0.2) is 225 Å². The lowest BCUT2D eigenvalue weighted by Crippen LogP contribution is -2.56. The molecule has 0 aliphatic heterocycles. The average molecular weight is 1340 g/mol. The minimum atomic E-state index is -4.29. The van der Waals surface area contributed by atoms with Crippen molar-refractivity contribution in [3.05, 3.63) is 35.9 Å².